The highest BCUT2D eigenvalue weighted by Crippen LogP contribution is 2.22. The Kier molecular flexibility index (Phi) is 3.18. The molecular weight excluding hydrogens is 183 g/mol. The highest BCUT2D eigenvalue weighted by atomic mass is 35.5. The molecule has 0 amide bonds. The summed E-state index contributed by atoms with van der Waals surface area (Å²) in [5, 5.41) is 11.3. The Morgan fingerprint density at radius 3 is 2.45 bits per heavy atom. The molecular formula is C8H7Cl2O. The molecule has 1 aromatic carbocycles. The van der Waals surface area contributed by atoms with E-state index < -0.39 is 0 Å². The van der Waals surface area contributed by atoms with Crippen molar-refractivity contribution in [2.75, 3.05) is 6.61 Å². The monoisotopic (exact) mass is 189 g/mol. The van der Waals surface area contributed by atoms with Crippen LogP contribution < -0.4 is 0 Å². The van der Waals surface area contributed by atoms with Crippen LogP contribution in [0.15, 0.2) is 18.2 Å². The van der Waals surface area contributed by atoms with Crippen molar-refractivity contribution in [3.05, 3.63) is 33.8 Å². The van der Waals surface area contributed by atoms with Gasteiger partial charge in [0, 0.05) is 0 Å². The minimum Gasteiger partial charge on any atom is -0.236 e. The quantitative estimate of drug-likeness (QED) is 0.683. The molecule has 1 aromatic rings. The minimum absolute atomic E-state index is 0.113. The lowest BCUT2D eigenvalue weighted by molar-refractivity contribution is 0.197. The first-order valence-corrected chi connectivity index (χ1v) is 4.01. The molecule has 0 spiro atoms. The second-order valence-corrected chi connectivity index (χ2v) is 3.02. The van der Waals surface area contributed by atoms with E-state index in [2.05, 4.69) is 0 Å². The van der Waals surface area contributed by atoms with Gasteiger partial charge in [0.15, 0.2) is 0 Å². The van der Waals surface area contributed by atoms with Gasteiger partial charge >= 0.3 is 0 Å². The van der Waals surface area contributed by atoms with E-state index in [0.717, 1.165) is 5.56 Å². The number of halogens is 2. The molecule has 0 aliphatic heterocycles. The summed E-state index contributed by atoms with van der Waals surface area (Å²) in [6.45, 7) is -0.113. The molecule has 0 bridgehead atoms. The molecule has 0 saturated carbocycles. The summed E-state index contributed by atoms with van der Waals surface area (Å²) in [6.07, 6.45) is 0.511. The lowest BCUT2D eigenvalue weighted by Gasteiger charge is -1.98. The SMILES string of the molecule is [O]CCc1ccc(Cl)c(Cl)c1. The molecule has 1 nitrogen and oxygen atoms in total. The lowest BCUT2D eigenvalue weighted by atomic mass is 10.2. The predicted molar refractivity (Wildman–Crippen MR) is 45.7 cm³/mol. The van der Waals surface area contributed by atoms with Gasteiger partial charge in [-0.1, -0.05) is 29.3 Å². The first-order valence-electron chi connectivity index (χ1n) is 3.26. The van der Waals surface area contributed by atoms with E-state index in [1.54, 1.807) is 12.1 Å². The summed E-state index contributed by atoms with van der Waals surface area (Å²) in [5.41, 5.74) is 0.939. The van der Waals surface area contributed by atoms with E-state index in [0.29, 0.717) is 16.5 Å². The summed E-state index contributed by atoms with van der Waals surface area (Å²) in [7, 11) is 0. The number of hydrogen-bond donors (Lipinski definition) is 0. The summed E-state index contributed by atoms with van der Waals surface area (Å²) in [6, 6.07) is 5.24. The third kappa shape index (κ3) is 2.37. The van der Waals surface area contributed by atoms with E-state index in [1.165, 1.54) is 0 Å². The van der Waals surface area contributed by atoms with Gasteiger partial charge in [-0.25, -0.2) is 5.11 Å². The summed E-state index contributed by atoms with van der Waals surface area (Å²) >= 11 is 11.4. The van der Waals surface area contributed by atoms with Crippen molar-refractivity contribution in [1.82, 2.24) is 0 Å². The largest absolute Gasteiger partial charge is 0.236 e. The zero-order chi connectivity index (χ0) is 8.27. The maximum absolute atomic E-state index is 10.2. The van der Waals surface area contributed by atoms with E-state index in [1.807, 2.05) is 6.07 Å². The first-order chi connectivity index (χ1) is 5.24. The summed E-state index contributed by atoms with van der Waals surface area (Å²) in [5.74, 6) is 0. The first kappa shape index (κ1) is 8.85. The Hall–Kier alpha value is -0.240. The lowest BCUT2D eigenvalue weighted by Crippen LogP contribution is -1.88. The molecule has 0 heterocycles. The molecule has 0 aliphatic rings. The van der Waals surface area contributed by atoms with Crippen molar-refractivity contribution in [2.24, 2.45) is 0 Å². The van der Waals surface area contributed by atoms with Gasteiger partial charge in [0.1, 0.15) is 0 Å². The second-order valence-electron chi connectivity index (χ2n) is 2.20. The maximum atomic E-state index is 10.2. The summed E-state index contributed by atoms with van der Waals surface area (Å²) in [4.78, 5) is 0. The average molecular weight is 190 g/mol. The fourth-order valence-electron chi connectivity index (χ4n) is 0.813. The van der Waals surface area contributed by atoms with Crippen LogP contribution in [-0.4, -0.2) is 6.61 Å². The van der Waals surface area contributed by atoms with Crippen molar-refractivity contribution >= 4 is 23.2 Å². The van der Waals surface area contributed by atoms with Crippen molar-refractivity contribution in [3.8, 4) is 0 Å². The van der Waals surface area contributed by atoms with Crippen LogP contribution in [0.5, 0.6) is 0 Å². The highest BCUT2D eigenvalue weighted by molar-refractivity contribution is 6.41. The molecule has 1 radical (unpaired) electrons. The Labute approximate surface area is 75.6 Å². The Morgan fingerprint density at radius 2 is 1.91 bits per heavy atom. The summed E-state index contributed by atoms with van der Waals surface area (Å²) < 4.78 is 0. The normalized spacial score (nSPS) is 10.1. The number of benzene rings is 1. The third-order valence-corrected chi connectivity index (χ3v) is 2.11. The Bertz CT molecular complexity index is 248. The van der Waals surface area contributed by atoms with Crippen LogP contribution in [0.2, 0.25) is 10.0 Å². The van der Waals surface area contributed by atoms with E-state index in [9.17, 15) is 5.11 Å². The van der Waals surface area contributed by atoms with E-state index >= 15 is 0 Å². The van der Waals surface area contributed by atoms with Crippen LogP contribution in [0.1, 0.15) is 5.56 Å². The van der Waals surface area contributed by atoms with Gasteiger partial charge in [-0.05, 0) is 24.1 Å². The molecule has 0 saturated heterocycles. The highest BCUT2D eigenvalue weighted by Gasteiger charge is 1.98. The van der Waals surface area contributed by atoms with Gasteiger partial charge in [0.05, 0.1) is 16.7 Å². The van der Waals surface area contributed by atoms with Crippen LogP contribution in [0.25, 0.3) is 0 Å². The minimum atomic E-state index is -0.113. The smallest absolute Gasteiger partial charge is 0.0862 e. The van der Waals surface area contributed by atoms with Crippen molar-refractivity contribution in [2.45, 2.75) is 6.42 Å². The van der Waals surface area contributed by atoms with Crippen LogP contribution >= 0.6 is 23.2 Å². The molecule has 0 unspecified atom stereocenters. The maximum Gasteiger partial charge on any atom is 0.0862 e. The predicted octanol–water partition coefficient (Wildman–Crippen LogP) is 2.97. The molecule has 3 heteroatoms. The zero-order valence-electron chi connectivity index (χ0n) is 5.81. The van der Waals surface area contributed by atoms with Crippen molar-refractivity contribution < 1.29 is 5.11 Å². The molecule has 0 aromatic heterocycles. The molecule has 0 atom stereocenters. The van der Waals surface area contributed by atoms with E-state index in [-0.39, 0.29) is 6.61 Å². The fraction of sp³-hybridized carbons (Fsp3) is 0.250. The molecule has 59 valence electrons. The number of rotatable bonds is 2. The van der Waals surface area contributed by atoms with Crippen LogP contribution in [0.3, 0.4) is 0 Å². The van der Waals surface area contributed by atoms with Gasteiger partial charge in [-0.15, -0.1) is 0 Å². The molecule has 0 fully saturated rings. The van der Waals surface area contributed by atoms with Crippen molar-refractivity contribution in [3.63, 3.8) is 0 Å². The van der Waals surface area contributed by atoms with E-state index in [4.69, 9.17) is 23.2 Å². The second kappa shape index (κ2) is 3.96. The Morgan fingerprint density at radius 1 is 1.18 bits per heavy atom. The molecule has 11 heavy (non-hydrogen) atoms. The van der Waals surface area contributed by atoms with Gasteiger partial charge in [-0.3, -0.25) is 0 Å². The van der Waals surface area contributed by atoms with Crippen LogP contribution in [-0.2, 0) is 11.5 Å². The molecule has 0 N–H and O–H groups in total. The third-order valence-electron chi connectivity index (χ3n) is 1.37. The topological polar surface area (TPSA) is 19.9 Å². The van der Waals surface area contributed by atoms with Gasteiger partial charge in [-0.2, -0.15) is 0 Å². The fourth-order valence-corrected chi connectivity index (χ4v) is 1.13. The van der Waals surface area contributed by atoms with Gasteiger partial charge < -0.3 is 0 Å². The Balaban J connectivity index is 2.86. The van der Waals surface area contributed by atoms with Gasteiger partial charge in [0.2, 0.25) is 0 Å². The van der Waals surface area contributed by atoms with Gasteiger partial charge in [0.25, 0.3) is 0 Å². The molecule has 0 aliphatic carbocycles. The van der Waals surface area contributed by atoms with Crippen molar-refractivity contribution in [1.29, 1.82) is 0 Å². The van der Waals surface area contributed by atoms with Crippen LogP contribution in [0, 0.1) is 0 Å². The number of hydrogen-bond acceptors (Lipinski definition) is 0. The molecule has 1 rings (SSSR count). The van der Waals surface area contributed by atoms with Crippen LogP contribution in [0.4, 0.5) is 0 Å². The zero-order valence-corrected chi connectivity index (χ0v) is 7.32. The standard InChI is InChI=1S/C8H7Cl2O/c9-7-2-1-6(3-4-11)5-8(7)10/h1-2,5H,3-4H2. The average Bonchev–Trinajstić information content (AvgIpc) is 1.98.